The number of benzene rings is 1. The van der Waals surface area contributed by atoms with Crippen LogP contribution in [0.3, 0.4) is 0 Å². The number of amides is 2. The van der Waals surface area contributed by atoms with E-state index in [2.05, 4.69) is 5.32 Å². The number of ether oxygens (including phenoxy) is 1. The van der Waals surface area contributed by atoms with Crippen molar-refractivity contribution in [2.45, 2.75) is 37.6 Å². The van der Waals surface area contributed by atoms with Crippen LogP contribution in [-0.4, -0.2) is 59.6 Å². The highest BCUT2D eigenvalue weighted by atomic mass is 19.1. The molecule has 28 heavy (non-hydrogen) atoms. The fraction of sp³-hybridized carbons (Fsp3) is 0.550. The summed E-state index contributed by atoms with van der Waals surface area (Å²) in [6, 6.07) is 5.35. The molecule has 2 fully saturated rings. The Bertz CT molecular complexity index is 731. The van der Waals surface area contributed by atoms with E-state index >= 15 is 0 Å². The van der Waals surface area contributed by atoms with Gasteiger partial charge in [-0.1, -0.05) is 0 Å². The molecule has 2 aliphatic rings. The molecule has 2 amide bonds. The van der Waals surface area contributed by atoms with Crippen molar-refractivity contribution in [1.29, 1.82) is 0 Å². The molecule has 1 atom stereocenters. The van der Waals surface area contributed by atoms with Crippen LogP contribution in [0.4, 0.5) is 4.39 Å². The van der Waals surface area contributed by atoms with Crippen LogP contribution in [0.25, 0.3) is 0 Å². The largest absolute Gasteiger partial charge is 0.481 e. The van der Waals surface area contributed by atoms with Crippen molar-refractivity contribution in [2.75, 3.05) is 26.3 Å². The summed E-state index contributed by atoms with van der Waals surface area (Å²) < 4.78 is 18.4. The number of hydrogen-bond acceptors (Lipinski definition) is 4. The molecule has 0 aromatic heterocycles. The molecule has 0 spiro atoms. The first kappa shape index (κ1) is 20.3. The van der Waals surface area contributed by atoms with Crippen LogP contribution in [0.5, 0.6) is 0 Å². The second-order valence-corrected chi connectivity index (χ2v) is 7.55. The molecule has 2 heterocycles. The second-order valence-electron chi connectivity index (χ2n) is 7.55. The summed E-state index contributed by atoms with van der Waals surface area (Å²) in [5.74, 6) is -2.22. The zero-order chi connectivity index (χ0) is 20.1. The molecule has 1 aromatic rings. The highest BCUT2D eigenvalue weighted by molar-refractivity contribution is 5.94. The van der Waals surface area contributed by atoms with Crippen molar-refractivity contribution in [2.24, 2.45) is 5.92 Å². The molecule has 152 valence electrons. The van der Waals surface area contributed by atoms with Crippen molar-refractivity contribution in [3.63, 3.8) is 0 Å². The molecule has 1 aromatic carbocycles. The van der Waals surface area contributed by atoms with Crippen molar-refractivity contribution < 1.29 is 28.6 Å². The Balaban J connectivity index is 1.65. The Hall–Kier alpha value is -2.48. The van der Waals surface area contributed by atoms with Crippen molar-refractivity contribution in [3.05, 3.63) is 35.6 Å². The third-order valence-corrected chi connectivity index (χ3v) is 5.50. The molecule has 8 heteroatoms. The van der Waals surface area contributed by atoms with E-state index in [0.29, 0.717) is 51.0 Å². The lowest BCUT2D eigenvalue weighted by Crippen LogP contribution is -2.56. The van der Waals surface area contributed by atoms with Crippen LogP contribution in [-0.2, 0) is 14.3 Å². The molecule has 2 saturated heterocycles. The van der Waals surface area contributed by atoms with Gasteiger partial charge in [0.1, 0.15) is 5.82 Å². The minimum absolute atomic E-state index is 0.146. The summed E-state index contributed by atoms with van der Waals surface area (Å²) in [6.45, 7) is 1.62. The van der Waals surface area contributed by atoms with Gasteiger partial charge in [0.05, 0.1) is 17.9 Å². The molecule has 2 N–H and O–H groups in total. The van der Waals surface area contributed by atoms with Gasteiger partial charge in [0.25, 0.3) is 5.91 Å². The van der Waals surface area contributed by atoms with Gasteiger partial charge in [-0.2, -0.15) is 0 Å². The van der Waals surface area contributed by atoms with E-state index in [1.807, 2.05) is 0 Å². The van der Waals surface area contributed by atoms with Gasteiger partial charge >= 0.3 is 5.97 Å². The third-order valence-electron chi connectivity index (χ3n) is 5.50. The number of likely N-dealkylation sites (tertiary alicyclic amines) is 1. The zero-order valence-corrected chi connectivity index (χ0v) is 15.7. The van der Waals surface area contributed by atoms with Gasteiger partial charge < -0.3 is 20.1 Å². The average molecular weight is 392 g/mol. The highest BCUT2D eigenvalue weighted by Gasteiger charge is 2.39. The Morgan fingerprint density at radius 3 is 2.54 bits per heavy atom. The molecule has 0 saturated carbocycles. The van der Waals surface area contributed by atoms with Crippen molar-refractivity contribution in [1.82, 2.24) is 10.2 Å². The van der Waals surface area contributed by atoms with Gasteiger partial charge in [0.15, 0.2) is 0 Å². The average Bonchev–Trinajstić information content (AvgIpc) is 2.68. The summed E-state index contributed by atoms with van der Waals surface area (Å²) in [7, 11) is 0. The molecular formula is C20H25FN2O5. The van der Waals surface area contributed by atoms with Crippen LogP contribution >= 0.6 is 0 Å². The number of nitrogens with zero attached hydrogens (tertiary/aromatic N) is 1. The van der Waals surface area contributed by atoms with Crippen LogP contribution in [0.2, 0.25) is 0 Å². The minimum Gasteiger partial charge on any atom is -0.481 e. The number of aliphatic carboxylic acids is 1. The molecule has 0 bridgehead atoms. The van der Waals surface area contributed by atoms with Gasteiger partial charge in [-0.25, -0.2) is 4.39 Å². The number of carboxylic acids is 1. The van der Waals surface area contributed by atoms with E-state index in [1.165, 1.54) is 24.3 Å². The van der Waals surface area contributed by atoms with Gasteiger partial charge in [-0.05, 0) is 49.9 Å². The zero-order valence-electron chi connectivity index (χ0n) is 15.7. The standard InChI is InChI=1S/C20H25FN2O5/c21-16-5-3-14(4-6-16)19(27)23-9-1-2-15(13-23)18(26)22-20(12-17(24)25)7-10-28-11-8-20/h3-6,15H,1-2,7-13H2,(H,22,26)(H,24,25). The molecule has 0 radical (unpaired) electrons. The summed E-state index contributed by atoms with van der Waals surface area (Å²) in [6.07, 6.45) is 2.08. The SMILES string of the molecule is O=C(O)CC1(NC(=O)C2CCCN(C(=O)c3ccc(F)cc3)C2)CCOCC1. The predicted molar refractivity (Wildman–Crippen MR) is 98.2 cm³/mol. The van der Waals surface area contributed by atoms with Crippen molar-refractivity contribution in [3.8, 4) is 0 Å². The fourth-order valence-corrected chi connectivity index (χ4v) is 3.91. The number of carbonyl (C=O) groups excluding carboxylic acids is 2. The number of carbonyl (C=O) groups is 3. The lowest BCUT2D eigenvalue weighted by atomic mass is 9.85. The molecule has 0 aliphatic carbocycles. The number of carboxylic acid groups (broad SMARTS) is 1. The van der Waals surface area contributed by atoms with Crippen LogP contribution in [0.1, 0.15) is 42.5 Å². The van der Waals surface area contributed by atoms with E-state index < -0.39 is 23.2 Å². The van der Waals surface area contributed by atoms with Crippen LogP contribution in [0.15, 0.2) is 24.3 Å². The van der Waals surface area contributed by atoms with E-state index in [0.717, 1.165) is 0 Å². The van der Waals surface area contributed by atoms with Gasteiger partial charge in [-0.3, -0.25) is 14.4 Å². The van der Waals surface area contributed by atoms with Crippen LogP contribution in [0, 0.1) is 11.7 Å². The maximum absolute atomic E-state index is 13.1. The Morgan fingerprint density at radius 2 is 1.89 bits per heavy atom. The van der Waals surface area contributed by atoms with E-state index in [1.54, 1.807) is 4.90 Å². The van der Waals surface area contributed by atoms with Gasteiger partial charge in [0, 0.05) is 31.9 Å². The van der Waals surface area contributed by atoms with E-state index in [4.69, 9.17) is 4.74 Å². The number of rotatable bonds is 5. The lowest BCUT2D eigenvalue weighted by molar-refractivity contribution is -0.141. The lowest BCUT2D eigenvalue weighted by Gasteiger charge is -2.39. The smallest absolute Gasteiger partial charge is 0.305 e. The van der Waals surface area contributed by atoms with Gasteiger partial charge in [-0.15, -0.1) is 0 Å². The highest BCUT2D eigenvalue weighted by Crippen LogP contribution is 2.27. The number of piperidine rings is 1. The maximum atomic E-state index is 13.1. The Morgan fingerprint density at radius 1 is 1.21 bits per heavy atom. The van der Waals surface area contributed by atoms with Crippen LogP contribution < -0.4 is 5.32 Å². The molecular weight excluding hydrogens is 367 g/mol. The molecule has 7 nitrogen and oxygen atoms in total. The first-order chi connectivity index (χ1) is 13.4. The molecule has 1 unspecified atom stereocenters. The monoisotopic (exact) mass is 392 g/mol. The first-order valence-corrected chi connectivity index (χ1v) is 9.55. The maximum Gasteiger partial charge on any atom is 0.305 e. The number of nitrogens with one attached hydrogen (secondary N) is 1. The fourth-order valence-electron chi connectivity index (χ4n) is 3.91. The van der Waals surface area contributed by atoms with E-state index in [-0.39, 0.29) is 24.8 Å². The van der Waals surface area contributed by atoms with Gasteiger partial charge in [0.2, 0.25) is 5.91 Å². The summed E-state index contributed by atoms with van der Waals surface area (Å²) in [5.41, 5.74) is -0.418. The first-order valence-electron chi connectivity index (χ1n) is 9.55. The molecule has 3 rings (SSSR count). The predicted octanol–water partition coefficient (Wildman–Crippen LogP) is 1.82. The second kappa shape index (κ2) is 8.68. The van der Waals surface area contributed by atoms with E-state index in [9.17, 15) is 23.9 Å². The molecule has 2 aliphatic heterocycles. The normalized spacial score (nSPS) is 21.8. The minimum atomic E-state index is -0.959. The number of halogens is 1. The Kier molecular flexibility index (Phi) is 6.28. The quantitative estimate of drug-likeness (QED) is 0.797. The topological polar surface area (TPSA) is 95.9 Å². The third kappa shape index (κ3) is 4.86. The summed E-state index contributed by atoms with van der Waals surface area (Å²) >= 11 is 0. The summed E-state index contributed by atoms with van der Waals surface area (Å²) in [5, 5.41) is 12.2. The summed E-state index contributed by atoms with van der Waals surface area (Å²) in [4.78, 5) is 38.4. The van der Waals surface area contributed by atoms with Crippen molar-refractivity contribution >= 4 is 17.8 Å². The number of hydrogen-bond donors (Lipinski definition) is 2. The Labute approximate surface area is 162 Å².